The molecule has 25 heavy (non-hydrogen) atoms. The minimum Gasteiger partial charge on any atom is -0.370 e. The molecule has 2 heterocycles. The first-order chi connectivity index (χ1) is 12.0. The van der Waals surface area contributed by atoms with Crippen LogP contribution in [0, 0.1) is 6.92 Å². The van der Waals surface area contributed by atoms with Gasteiger partial charge < -0.3 is 9.64 Å². The molecule has 1 aromatic carbocycles. The Bertz CT molecular complexity index is 747. The number of aryl methyl sites for hydroxylation is 1. The van der Waals surface area contributed by atoms with E-state index in [1.54, 1.807) is 4.90 Å². The predicted octanol–water partition coefficient (Wildman–Crippen LogP) is 3.06. The van der Waals surface area contributed by atoms with Crippen LogP contribution in [0.1, 0.15) is 34.6 Å². The first-order valence-corrected chi connectivity index (χ1v) is 8.25. The maximum Gasteiger partial charge on any atom is 0.272 e. The van der Waals surface area contributed by atoms with Crippen LogP contribution in [-0.4, -0.2) is 46.2 Å². The maximum atomic E-state index is 12.9. The standard InChI is InChI=1S/C18H21F2N3O2/c1-12-5-3-4-6-14(12)16-9-22(13(2)11-25-16)18(24)15-7-8-21-23(15)10-17(19)20/h3-8,13,16-17H,9-11H2,1-2H3/t13-,16-/m0/s1. The smallest absolute Gasteiger partial charge is 0.272 e. The zero-order valence-electron chi connectivity index (χ0n) is 14.2. The Labute approximate surface area is 145 Å². The number of hydrogen-bond donors (Lipinski definition) is 0. The van der Waals surface area contributed by atoms with E-state index < -0.39 is 13.0 Å². The molecule has 2 aromatic rings. The molecule has 1 aliphatic rings. The first-order valence-electron chi connectivity index (χ1n) is 8.25. The van der Waals surface area contributed by atoms with Gasteiger partial charge in [0.2, 0.25) is 0 Å². The van der Waals surface area contributed by atoms with Gasteiger partial charge in [-0.25, -0.2) is 8.78 Å². The molecule has 1 fully saturated rings. The lowest BCUT2D eigenvalue weighted by atomic mass is 10.0. The summed E-state index contributed by atoms with van der Waals surface area (Å²) in [5, 5.41) is 3.85. The van der Waals surface area contributed by atoms with Crippen LogP contribution in [0.25, 0.3) is 0 Å². The third-order valence-electron chi connectivity index (χ3n) is 4.48. The van der Waals surface area contributed by atoms with E-state index in [9.17, 15) is 13.6 Å². The predicted molar refractivity (Wildman–Crippen MR) is 88.6 cm³/mol. The Morgan fingerprint density at radius 3 is 2.84 bits per heavy atom. The molecule has 1 aromatic heterocycles. The van der Waals surface area contributed by atoms with Crippen molar-refractivity contribution in [3.05, 3.63) is 53.3 Å². The average molecular weight is 349 g/mol. The molecule has 0 spiro atoms. The van der Waals surface area contributed by atoms with Crippen molar-refractivity contribution in [1.82, 2.24) is 14.7 Å². The Morgan fingerprint density at radius 2 is 2.12 bits per heavy atom. The molecule has 0 radical (unpaired) electrons. The first kappa shape index (κ1) is 17.5. The van der Waals surface area contributed by atoms with Crippen LogP contribution in [0.5, 0.6) is 0 Å². The van der Waals surface area contributed by atoms with Gasteiger partial charge in [-0.2, -0.15) is 5.10 Å². The number of morpholine rings is 1. The summed E-state index contributed by atoms with van der Waals surface area (Å²) in [6.45, 7) is 4.08. The normalized spacial score (nSPS) is 20.9. The zero-order valence-corrected chi connectivity index (χ0v) is 14.2. The lowest BCUT2D eigenvalue weighted by Crippen LogP contribution is -2.48. The fourth-order valence-electron chi connectivity index (χ4n) is 3.11. The fourth-order valence-corrected chi connectivity index (χ4v) is 3.11. The highest BCUT2D eigenvalue weighted by Gasteiger charge is 2.33. The Kier molecular flexibility index (Phi) is 5.13. The Morgan fingerprint density at radius 1 is 1.36 bits per heavy atom. The summed E-state index contributed by atoms with van der Waals surface area (Å²) >= 11 is 0. The van der Waals surface area contributed by atoms with E-state index in [4.69, 9.17) is 4.74 Å². The van der Waals surface area contributed by atoms with Gasteiger partial charge in [0.1, 0.15) is 18.3 Å². The van der Waals surface area contributed by atoms with Crippen LogP contribution >= 0.6 is 0 Å². The molecule has 3 rings (SSSR count). The van der Waals surface area contributed by atoms with Crippen LogP contribution in [0.3, 0.4) is 0 Å². The highest BCUT2D eigenvalue weighted by Crippen LogP contribution is 2.28. The van der Waals surface area contributed by atoms with Gasteiger partial charge in [0, 0.05) is 6.20 Å². The summed E-state index contributed by atoms with van der Waals surface area (Å²) in [5.74, 6) is -0.299. The molecule has 0 N–H and O–H groups in total. The summed E-state index contributed by atoms with van der Waals surface area (Å²) in [5.41, 5.74) is 2.31. The van der Waals surface area contributed by atoms with E-state index in [1.165, 1.54) is 12.3 Å². The van der Waals surface area contributed by atoms with E-state index >= 15 is 0 Å². The van der Waals surface area contributed by atoms with E-state index in [0.29, 0.717) is 13.2 Å². The van der Waals surface area contributed by atoms with Gasteiger partial charge >= 0.3 is 0 Å². The van der Waals surface area contributed by atoms with Gasteiger partial charge in [-0.05, 0) is 31.0 Å². The molecule has 0 aliphatic carbocycles. The lowest BCUT2D eigenvalue weighted by molar-refractivity contribution is -0.0493. The summed E-state index contributed by atoms with van der Waals surface area (Å²) in [6.07, 6.45) is -1.42. The topological polar surface area (TPSA) is 47.4 Å². The maximum absolute atomic E-state index is 12.9. The number of amides is 1. The highest BCUT2D eigenvalue weighted by molar-refractivity contribution is 5.92. The number of ether oxygens (including phenoxy) is 1. The van der Waals surface area contributed by atoms with E-state index in [-0.39, 0.29) is 23.7 Å². The molecule has 7 heteroatoms. The van der Waals surface area contributed by atoms with Crippen LogP contribution in [0.15, 0.2) is 36.5 Å². The van der Waals surface area contributed by atoms with Crippen LogP contribution < -0.4 is 0 Å². The summed E-state index contributed by atoms with van der Waals surface area (Å²) in [6, 6.07) is 9.22. The fraction of sp³-hybridized carbons (Fsp3) is 0.444. The molecule has 0 bridgehead atoms. The van der Waals surface area contributed by atoms with Crippen molar-refractivity contribution in [1.29, 1.82) is 0 Å². The van der Waals surface area contributed by atoms with Crippen molar-refractivity contribution in [3.8, 4) is 0 Å². The van der Waals surface area contributed by atoms with Crippen molar-refractivity contribution < 1.29 is 18.3 Å². The van der Waals surface area contributed by atoms with Crippen molar-refractivity contribution in [2.24, 2.45) is 0 Å². The van der Waals surface area contributed by atoms with E-state index in [2.05, 4.69) is 5.10 Å². The zero-order chi connectivity index (χ0) is 18.0. The lowest BCUT2D eigenvalue weighted by Gasteiger charge is -2.38. The van der Waals surface area contributed by atoms with Crippen LogP contribution in [0.2, 0.25) is 0 Å². The third kappa shape index (κ3) is 3.71. The number of carbonyl (C=O) groups is 1. The molecule has 0 saturated carbocycles. The van der Waals surface area contributed by atoms with Gasteiger partial charge in [-0.1, -0.05) is 24.3 Å². The second-order valence-corrected chi connectivity index (χ2v) is 6.27. The third-order valence-corrected chi connectivity index (χ3v) is 4.48. The number of carbonyl (C=O) groups excluding carboxylic acids is 1. The molecule has 134 valence electrons. The average Bonchev–Trinajstić information content (AvgIpc) is 3.03. The molecule has 5 nitrogen and oxygen atoms in total. The minimum atomic E-state index is -2.56. The summed E-state index contributed by atoms with van der Waals surface area (Å²) < 4.78 is 32.3. The minimum absolute atomic E-state index is 0.136. The number of hydrogen-bond acceptors (Lipinski definition) is 3. The number of alkyl halides is 2. The molecule has 1 amide bonds. The molecular weight excluding hydrogens is 328 g/mol. The highest BCUT2D eigenvalue weighted by atomic mass is 19.3. The molecule has 0 unspecified atom stereocenters. The number of benzene rings is 1. The van der Waals surface area contributed by atoms with Crippen molar-refractivity contribution in [2.75, 3.05) is 13.2 Å². The van der Waals surface area contributed by atoms with Crippen molar-refractivity contribution in [3.63, 3.8) is 0 Å². The Hall–Kier alpha value is -2.28. The van der Waals surface area contributed by atoms with Gasteiger partial charge in [-0.3, -0.25) is 9.48 Å². The van der Waals surface area contributed by atoms with E-state index in [0.717, 1.165) is 15.8 Å². The number of rotatable bonds is 4. The van der Waals surface area contributed by atoms with Crippen molar-refractivity contribution >= 4 is 5.91 Å². The second-order valence-electron chi connectivity index (χ2n) is 6.27. The number of aromatic nitrogens is 2. The van der Waals surface area contributed by atoms with E-state index in [1.807, 2.05) is 38.1 Å². The van der Waals surface area contributed by atoms with Crippen LogP contribution in [-0.2, 0) is 11.3 Å². The Balaban J connectivity index is 1.82. The molecule has 2 atom stereocenters. The molecule has 1 saturated heterocycles. The number of halogens is 2. The van der Waals surface area contributed by atoms with Crippen LogP contribution in [0.4, 0.5) is 8.78 Å². The van der Waals surface area contributed by atoms with Gasteiger partial charge in [0.25, 0.3) is 12.3 Å². The summed E-state index contributed by atoms with van der Waals surface area (Å²) in [4.78, 5) is 14.6. The quantitative estimate of drug-likeness (QED) is 0.852. The molecular formula is C18H21F2N3O2. The van der Waals surface area contributed by atoms with Gasteiger partial charge in [0.05, 0.1) is 19.2 Å². The SMILES string of the molecule is Cc1ccccc1[C@@H]1CN(C(=O)c2ccnn2CC(F)F)[C@@H](C)CO1. The number of nitrogens with zero attached hydrogens (tertiary/aromatic N) is 3. The monoisotopic (exact) mass is 349 g/mol. The molecule has 1 aliphatic heterocycles. The summed E-state index contributed by atoms with van der Waals surface area (Å²) in [7, 11) is 0. The van der Waals surface area contributed by atoms with Crippen molar-refractivity contribution in [2.45, 2.75) is 39.0 Å². The van der Waals surface area contributed by atoms with Gasteiger partial charge in [0.15, 0.2) is 0 Å². The largest absolute Gasteiger partial charge is 0.370 e. The second kappa shape index (κ2) is 7.31. The van der Waals surface area contributed by atoms with Gasteiger partial charge in [-0.15, -0.1) is 0 Å².